The van der Waals surface area contributed by atoms with E-state index < -0.39 is 11.9 Å². The van der Waals surface area contributed by atoms with Crippen LogP contribution in [0.4, 0.5) is 0 Å². The number of carboxylic acids is 1. The first kappa shape index (κ1) is 13.0. The zero-order valence-corrected chi connectivity index (χ0v) is 11.3. The van der Waals surface area contributed by atoms with Gasteiger partial charge in [-0.05, 0) is 30.2 Å². The summed E-state index contributed by atoms with van der Waals surface area (Å²) in [7, 11) is 0. The van der Waals surface area contributed by atoms with Gasteiger partial charge < -0.3 is 14.7 Å². The summed E-state index contributed by atoms with van der Waals surface area (Å²) in [4.78, 5) is 25.1. The summed E-state index contributed by atoms with van der Waals surface area (Å²) in [6, 6.07) is 5.39. The van der Waals surface area contributed by atoms with Gasteiger partial charge in [0.15, 0.2) is 0 Å². The number of carboxylic acid groups (broad SMARTS) is 1. The molecule has 2 atom stereocenters. The Labute approximate surface area is 117 Å². The third kappa shape index (κ3) is 1.94. The quantitative estimate of drug-likeness (QED) is 0.910. The van der Waals surface area contributed by atoms with Crippen molar-refractivity contribution in [3.05, 3.63) is 29.3 Å². The van der Waals surface area contributed by atoms with Crippen molar-refractivity contribution in [2.24, 2.45) is 5.92 Å². The first-order valence-corrected chi connectivity index (χ1v) is 6.89. The first-order chi connectivity index (χ1) is 9.61. The molecule has 0 aromatic heterocycles. The highest BCUT2D eigenvalue weighted by molar-refractivity contribution is 5.87. The molecule has 0 aliphatic carbocycles. The summed E-state index contributed by atoms with van der Waals surface area (Å²) in [5.74, 6) is -0.784. The average molecular weight is 275 g/mol. The number of ether oxygens (including phenoxy) is 1. The van der Waals surface area contributed by atoms with E-state index in [1.165, 1.54) is 0 Å². The normalized spacial score (nSPS) is 24.6. The largest absolute Gasteiger partial charge is 0.493 e. The van der Waals surface area contributed by atoms with Crippen LogP contribution in [0.15, 0.2) is 18.2 Å². The van der Waals surface area contributed by atoms with E-state index in [0.29, 0.717) is 13.2 Å². The lowest BCUT2D eigenvalue weighted by atomic mass is 9.92. The number of rotatable bonds is 3. The lowest BCUT2D eigenvalue weighted by Gasteiger charge is -2.26. The summed E-state index contributed by atoms with van der Waals surface area (Å²) < 4.78 is 5.47. The molecule has 5 nitrogen and oxygen atoms in total. The topological polar surface area (TPSA) is 66.8 Å². The van der Waals surface area contributed by atoms with E-state index in [4.69, 9.17) is 4.74 Å². The number of carbonyl (C=O) groups is 2. The van der Waals surface area contributed by atoms with E-state index in [-0.39, 0.29) is 18.4 Å². The zero-order valence-electron chi connectivity index (χ0n) is 11.3. The van der Waals surface area contributed by atoms with Gasteiger partial charge >= 0.3 is 5.97 Å². The molecule has 1 aromatic rings. The van der Waals surface area contributed by atoms with E-state index in [2.05, 4.69) is 0 Å². The third-order valence-electron chi connectivity index (χ3n) is 4.14. The molecule has 3 rings (SSSR count). The standard InChI is InChI=1S/C15H17NO4/c1-2-16-13(17)8-11(15(18)19)14(16)10-3-4-12-9(7-10)5-6-20-12/h3-4,7,11,14H,2,5-6,8H2,1H3,(H,18,19). The molecular formula is C15H17NO4. The number of likely N-dealkylation sites (tertiary alicyclic amines) is 1. The molecular weight excluding hydrogens is 258 g/mol. The van der Waals surface area contributed by atoms with Gasteiger partial charge in [-0.3, -0.25) is 9.59 Å². The molecule has 2 heterocycles. The minimum atomic E-state index is -0.906. The van der Waals surface area contributed by atoms with Crippen LogP contribution in [-0.4, -0.2) is 35.0 Å². The zero-order chi connectivity index (χ0) is 14.3. The van der Waals surface area contributed by atoms with Crippen LogP contribution >= 0.6 is 0 Å². The smallest absolute Gasteiger partial charge is 0.309 e. The Morgan fingerprint density at radius 2 is 2.30 bits per heavy atom. The van der Waals surface area contributed by atoms with Gasteiger partial charge in [-0.25, -0.2) is 0 Å². The van der Waals surface area contributed by atoms with Crippen LogP contribution in [-0.2, 0) is 16.0 Å². The van der Waals surface area contributed by atoms with Crippen molar-refractivity contribution in [2.75, 3.05) is 13.2 Å². The molecule has 0 spiro atoms. The number of amides is 1. The predicted octanol–water partition coefficient (Wildman–Crippen LogP) is 1.62. The fraction of sp³-hybridized carbons (Fsp3) is 0.467. The van der Waals surface area contributed by atoms with Crippen molar-refractivity contribution in [1.29, 1.82) is 0 Å². The summed E-state index contributed by atoms with van der Waals surface area (Å²) >= 11 is 0. The molecule has 1 saturated heterocycles. The van der Waals surface area contributed by atoms with Crippen molar-refractivity contribution in [2.45, 2.75) is 25.8 Å². The number of carbonyl (C=O) groups excluding carboxylic acids is 1. The minimum absolute atomic E-state index is 0.0818. The maximum absolute atomic E-state index is 12.0. The molecule has 0 bridgehead atoms. The van der Waals surface area contributed by atoms with E-state index in [9.17, 15) is 14.7 Å². The fourth-order valence-electron chi connectivity index (χ4n) is 3.19. The third-order valence-corrected chi connectivity index (χ3v) is 4.14. The molecule has 2 unspecified atom stereocenters. The van der Waals surface area contributed by atoms with Gasteiger partial charge in [-0.15, -0.1) is 0 Å². The second-order valence-electron chi connectivity index (χ2n) is 5.24. The number of nitrogens with zero attached hydrogens (tertiary/aromatic N) is 1. The Balaban J connectivity index is 2.00. The van der Waals surface area contributed by atoms with Crippen molar-refractivity contribution < 1.29 is 19.4 Å². The van der Waals surface area contributed by atoms with Crippen LogP contribution in [0.1, 0.15) is 30.5 Å². The molecule has 1 amide bonds. The number of fused-ring (bicyclic) bond motifs is 1. The summed E-state index contributed by atoms with van der Waals surface area (Å²) in [5, 5.41) is 9.37. The Morgan fingerprint density at radius 3 is 3.00 bits per heavy atom. The molecule has 1 aromatic carbocycles. The SMILES string of the molecule is CCN1C(=O)CC(C(=O)O)C1c1ccc2c(c1)CCO2. The molecule has 2 aliphatic heterocycles. The van der Waals surface area contributed by atoms with Crippen LogP contribution in [0.25, 0.3) is 0 Å². The molecule has 1 N–H and O–H groups in total. The van der Waals surface area contributed by atoms with E-state index in [1.54, 1.807) is 4.90 Å². The molecule has 106 valence electrons. The first-order valence-electron chi connectivity index (χ1n) is 6.89. The highest BCUT2D eigenvalue weighted by atomic mass is 16.5. The summed E-state index contributed by atoms with van der Waals surface area (Å²) in [6.45, 7) is 3.08. The summed E-state index contributed by atoms with van der Waals surface area (Å²) in [5.41, 5.74) is 2.00. The highest BCUT2D eigenvalue weighted by Crippen LogP contribution is 2.40. The Morgan fingerprint density at radius 1 is 1.50 bits per heavy atom. The molecule has 0 radical (unpaired) electrons. The Bertz CT molecular complexity index is 569. The second-order valence-corrected chi connectivity index (χ2v) is 5.24. The highest BCUT2D eigenvalue weighted by Gasteiger charge is 2.44. The number of hydrogen-bond donors (Lipinski definition) is 1. The predicted molar refractivity (Wildman–Crippen MR) is 71.5 cm³/mol. The van der Waals surface area contributed by atoms with Gasteiger partial charge in [0.1, 0.15) is 5.75 Å². The van der Waals surface area contributed by atoms with Crippen LogP contribution in [0, 0.1) is 5.92 Å². The van der Waals surface area contributed by atoms with Crippen LogP contribution < -0.4 is 4.74 Å². The van der Waals surface area contributed by atoms with Crippen molar-refractivity contribution >= 4 is 11.9 Å². The summed E-state index contributed by atoms with van der Waals surface area (Å²) in [6.07, 6.45) is 0.926. The van der Waals surface area contributed by atoms with Gasteiger partial charge in [-0.2, -0.15) is 0 Å². The van der Waals surface area contributed by atoms with Crippen molar-refractivity contribution in [3.63, 3.8) is 0 Å². The number of aliphatic carboxylic acids is 1. The minimum Gasteiger partial charge on any atom is -0.493 e. The Hall–Kier alpha value is -2.04. The van der Waals surface area contributed by atoms with E-state index in [0.717, 1.165) is 23.3 Å². The second kappa shape index (κ2) is 4.81. The van der Waals surface area contributed by atoms with Gasteiger partial charge in [0, 0.05) is 19.4 Å². The number of hydrogen-bond acceptors (Lipinski definition) is 3. The maximum Gasteiger partial charge on any atom is 0.309 e. The van der Waals surface area contributed by atoms with Crippen LogP contribution in [0.2, 0.25) is 0 Å². The van der Waals surface area contributed by atoms with E-state index in [1.807, 2.05) is 25.1 Å². The lowest BCUT2D eigenvalue weighted by Crippen LogP contribution is -2.30. The average Bonchev–Trinajstić information content (AvgIpc) is 3.01. The van der Waals surface area contributed by atoms with Crippen LogP contribution in [0.3, 0.4) is 0 Å². The lowest BCUT2D eigenvalue weighted by molar-refractivity contribution is -0.142. The molecule has 0 saturated carbocycles. The molecule has 5 heteroatoms. The monoisotopic (exact) mass is 275 g/mol. The van der Waals surface area contributed by atoms with Crippen molar-refractivity contribution in [1.82, 2.24) is 4.90 Å². The van der Waals surface area contributed by atoms with Gasteiger partial charge in [0.25, 0.3) is 0 Å². The molecule has 1 fully saturated rings. The van der Waals surface area contributed by atoms with E-state index >= 15 is 0 Å². The Kier molecular flexibility index (Phi) is 3.12. The van der Waals surface area contributed by atoms with Crippen LogP contribution in [0.5, 0.6) is 5.75 Å². The fourth-order valence-corrected chi connectivity index (χ4v) is 3.19. The maximum atomic E-state index is 12.0. The van der Waals surface area contributed by atoms with Crippen molar-refractivity contribution in [3.8, 4) is 5.75 Å². The van der Waals surface area contributed by atoms with Gasteiger partial charge in [0.05, 0.1) is 18.6 Å². The number of benzene rings is 1. The van der Waals surface area contributed by atoms with Gasteiger partial charge in [0.2, 0.25) is 5.91 Å². The van der Waals surface area contributed by atoms with Gasteiger partial charge in [-0.1, -0.05) is 6.07 Å². The molecule has 20 heavy (non-hydrogen) atoms. The molecule has 2 aliphatic rings.